The quantitative estimate of drug-likeness (QED) is 0.303. The van der Waals surface area contributed by atoms with Crippen molar-refractivity contribution in [3.63, 3.8) is 0 Å². The topological polar surface area (TPSA) is 71.3 Å². The van der Waals surface area contributed by atoms with Gasteiger partial charge in [-0.3, -0.25) is 4.79 Å². The lowest BCUT2D eigenvalue weighted by Crippen LogP contribution is -2.27. The molecule has 0 heterocycles. The highest BCUT2D eigenvalue weighted by atomic mass is 127. The Balaban J connectivity index is 2.26. The highest BCUT2D eigenvalue weighted by molar-refractivity contribution is 14.1. The van der Waals surface area contributed by atoms with Crippen LogP contribution in [0.25, 0.3) is 6.08 Å². The van der Waals surface area contributed by atoms with Gasteiger partial charge in [-0.15, -0.1) is 0 Å². The van der Waals surface area contributed by atoms with Crippen molar-refractivity contribution in [2.75, 3.05) is 7.11 Å². The number of hydrogen-bond donors (Lipinski definition) is 1. The number of halogens is 1. The first-order valence-electron chi connectivity index (χ1n) is 9.41. The van der Waals surface area contributed by atoms with Gasteiger partial charge in [-0.25, -0.2) is 0 Å². The highest BCUT2D eigenvalue weighted by Gasteiger charge is 2.16. The Labute approximate surface area is 185 Å². The van der Waals surface area contributed by atoms with Gasteiger partial charge in [0.2, 0.25) is 0 Å². The van der Waals surface area contributed by atoms with Gasteiger partial charge in [0.1, 0.15) is 11.6 Å². The van der Waals surface area contributed by atoms with E-state index in [2.05, 4.69) is 34.8 Å². The Hall–Kier alpha value is -2.53. The molecule has 0 aliphatic heterocycles. The van der Waals surface area contributed by atoms with Crippen LogP contribution in [0.2, 0.25) is 0 Å². The second-order valence-electron chi connectivity index (χ2n) is 6.65. The smallest absolute Gasteiger partial charge is 0.262 e. The average molecular weight is 504 g/mol. The number of carbonyl (C=O) groups excluding carboxylic acids is 1. The van der Waals surface area contributed by atoms with Crippen molar-refractivity contribution in [1.82, 2.24) is 5.32 Å². The van der Waals surface area contributed by atoms with Gasteiger partial charge in [-0.1, -0.05) is 37.3 Å². The SMILES string of the molecule is CC[C@@H](C)Oc1c(I)cc(/C=C(/C#N)C(=O)N[C@H](C)c2ccccc2)cc1OC. The number of methoxy groups -OCH3 is 1. The molecular formula is C23H25IN2O3. The van der Waals surface area contributed by atoms with Gasteiger partial charge in [-0.2, -0.15) is 5.26 Å². The summed E-state index contributed by atoms with van der Waals surface area (Å²) in [5.41, 5.74) is 1.70. The maximum absolute atomic E-state index is 12.6. The molecule has 1 N–H and O–H groups in total. The van der Waals surface area contributed by atoms with Crippen LogP contribution >= 0.6 is 22.6 Å². The van der Waals surface area contributed by atoms with E-state index in [-0.39, 0.29) is 17.7 Å². The van der Waals surface area contributed by atoms with E-state index in [9.17, 15) is 10.1 Å². The number of ether oxygens (including phenoxy) is 2. The van der Waals surface area contributed by atoms with Crippen LogP contribution in [0.15, 0.2) is 48.0 Å². The molecule has 0 aliphatic rings. The first-order valence-corrected chi connectivity index (χ1v) is 10.5. The molecule has 0 unspecified atom stereocenters. The lowest BCUT2D eigenvalue weighted by Gasteiger charge is -2.18. The van der Waals surface area contributed by atoms with E-state index in [1.807, 2.05) is 56.3 Å². The van der Waals surface area contributed by atoms with Gasteiger partial charge in [-0.05, 0) is 72.2 Å². The number of hydrogen-bond acceptors (Lipinski definition) is 4. The fraction of sp³-hybridized carbons (Fsp3) is 0.304. The molecule has 0 bridgehead atoms. The molecule has 0 spiro atoms. The summed E-state index contributed by atoms with van der Waals surface area (Å²) in [5.74, 6) is 0.817. The van der Waals surface area contributed by atoms with Crippen molar-refractivity contribution in [1.29, 1.82) is 5.26 Å². The van der Waals surface area contributed by atoms with Crippen molar-refractivity contribution in [2.45, 2.75) is 39.3 Å². The summed E-state index contributed by atoms with van der Waals surface area (Å²) in [6, 6.07) is 15.0. The summed E-state index contributed by atoms with van der Waals surface area (Å²) in [7, 11) is 1.57. The second-order valence-corrected chi connectivity index (χ2v) is 7.81. The van der Waals surface area contributed by atoms with Gasteiger partial charge in [0, 0.05) is 0 Å². The Bertz CT molecular complexity index is 920. The van der Waals surface area contributed by atoms with Crippen LogP contribution < -0.4 is 14.8 Å². The maximum Gasteiger partial charge on any atom is 0.262 e. The van der Waals surface area contributed by atoms with Gasteiger partial charge >= 0.3 is 0 Å². The van der Waals surface area contributed by atoms with Crippen molar-refractivity contribution < 1.29 is 14.3 Å². The van der Waals surface area contributed by atoms with Crippen LogP contribution in [0.4, 0.5) is 0 Å². The summed E-state index contributed by atoms with van der Waals surface area (Å²) in [4.78, 5) is 12.6. The van der Waals surface area contributed by atoms with E-state index in [0.29, 0.717) is 17.1 Å². The minimum atomic E-state index is -0.419. The number of nitriles is 1. The molecule has 5 nitrogen and oxygen atoms in total. The number of rotatable bonds is 8. The first-order chi connectivity index (χ1) is 13.9. The fourth-order valence-electron chi connectivity index (χ4n) is 2.64. The van der Waals surface area contributed by atoms with Gasteiger partial charge in [0.05, 0.1) is 22.8 Å². The minimum absolute atomic E-state index is 0.0289. The minimum Gasteiger partial charge on any atom is -0.493 e. The number of amides is 1. The first kappa shape index (κ1) is 22.8. The lowest BCUT2D eigenvalue weighted by atomic mass is 10.1. The van der Waals surface area contributed by atoms with E-state index in [1.165, 1.54) is 0 Å². The standard InChI is InChI=1S/C23H25IN2O3/c1-5-15(2)29-22-20(24)12-17(13-21(22)28-4)11-19(14-25)23(27)26-16(3)18-9-7-6-8-10-18/h6-13,15-16H,5H2,1-4H3,(H,26,27)/b19-11-/t15-,16-/m1/s1. The summed E-state index contributed by atoms with van der Waals surface area (Å²) in [5, 5.41) is 12.4. The number of benzene rings is 2. The third-order valence-electron chi connectivity index (χ3n) is 4.47. The van der Waals surface area contributed by atoms with E-state index in [1.54, 1.807) is 19.3 Å². The molecule has 0 fully saturated rings. The zero-order valence-electron chi connectivity index (χ0n) is 17.0. The van der Waals surface area contributed by atoms with Crippen LogP contribution in [-0.2, 0) is 4.79 Å². The molecule has 152 valence electrons. The zero-order chi connectivity index (χ0) is 21.4. The molecule has 1 amide bonds. The van der Waals surface area contributed by atoms with Crippen LogP contribution in [0.3, 0.4) is 0 Å². The van der Waals surface area contributed by atoms with Crippen molar-refractivity contribution >= 4 is 34.6 Å². The Morgan fingerprint density at radius 3 is 2.55 bits per heavy atom. The molecule has 0 aromatic heterocycles. The largest absolute Gasteiger partial charge is 0.493 e. The molecule has 29 heavy (non-hydrogen) atoms. The molecule has 0 saturated heterocycles. The number of nitrogens with one attached hydrogen (secondary N) is 1. The number of carbonyl (C=O) groups is 1. The molecule has 2 aromatic carbocycles. The molecule has 6 heteroatoms. The predicted molar refractivity (Wildman–Crippen MR) is 123 cm³/mol. The Morgan fingerprint density at radius 2 is 1.97 bits per heavy atom. The monoisotopic (exact) mass is 504 g/mol. The average Bonchev–Trinajstić information content (AvgIpc) is 2.73. The van der Waals surface area contributed by atoms with E-state index >= 15 is 0 Å². The van der Waals surface area contributed by atoms with Crippen molar-refractivity contribution in [2.24, 2.45) is 0 Å². The van der Waals surface area contributed by atoms with Gasteiger partial charge in [0.15, 0.2) is 11.5 Å². The number of nitrogens with zero attached hydrogens (tertiary/aromatic N) is 1. The molecule has 0 aliphatic carbocycles. The lowest BCUT2D eigenvalue weighted by molar-refractivity contribution is -0.117. The summed E-state index contributed by atoms with van der Waals surface area (Å²) < 4.78 is 12.3. The van der Waals surface area contributed by atoms with Gasteiger partial charge < -0.3 is 14.8 Å². The summed E-state index contributed by atoms with van der Waals surface area (Å²) in [6.45, 7) is 5.93. The summed E-state index contributed by atoms with van der Waals surface area (Å²) >= 11 is 2.17. The Morgan fingerprint density at radius 1 is 1.28 bits per heavy atom. The predicted octanol–water partition coefficient (Wildman–Crippen LogP) is 5.26. The van der Waals surface area contributed by atoms with Crippen LogP contribution in [-0.4, -0.2) is 19.1 Å². The third kappa shape index (κ3) is 6.23. The highest BCUT2D eigenvalue weighted by Crippen LogP contribution is 2.35. The van der Waals surface area contributed by atoms with Crippen LogP contribution in [0, 0.1) is 14.9 Å². The normalized spacial score (nSPS) is 13.2. The molecular weight excluding hydrogens is 479 g/mol. The Kier molecular flexibility index (Phi) is 8.52. The summed E-state index contributed by atoms with van der Waals surface area (Å²) in [6.07, 6.45) is 2.49. The third-order valence-corrected chi connectivity index (χ3v) is 5.27. The zero-order valence-corrected chi connectivity index (χ0v) is 19.2. The van der Waals surface area contributed by atoms with Gasteiger partial charge in [0.25, 0.3) is 5.91 Å². The maximum atomic E-state index is 12.6. The van der Waals surface area contributed by atoms with Crippen molar-refractivity contribution in [3.8, 4) is 17.6 Å². The van der Waals surface area contributed by atoms with Crippen LogP contribution in [0.5, 0.6) is 11.5 Å². The van der Waals surface area contributed by atoms with Crippen LogP contribution in [0.1, 0.15) is 44.4 Å². The molecule has 0 saturated carbocycles. The van der Waals surface area contributed by atoms with E-state index in [4.69, 9.17) is 9.47 Å². The van der Waals surface area contributed by atoms with E-state index in [0.717, 1.165) is 15.6 Å². The molecule has 2 atom stereocenters. The van der Waals surface area contributed by atoms with E-state index < -0.39 is 5.91 Å². The second kappa shape index (κ2) is 10.9. The molecule has 2 aromatic rings. The van der Waals surface area contributed by atoms with Crippen molar-refractivity contribution in [3.05, 3.63) is 62.7 Å². The fourth-order valence-corrected chi connectivity index (χ4v) is 3.39. The molecule has 2 rings (SSSR count). The molecule has 0 radical (unpaired) electrons.